The lowest BCUT2D eigenvalue weighted by molar-refractivity contribution is 0.669. The molecule has 3 heteroatoms. The van der Waals surface area contributed by atoms with Crippen LogP contribution in [0.15, 0.2) is 186 Å². The summed E-state index contributed by atoms with van der Waals surface area (Å²) < 4.78 is 9.11. The van der Waals surface area contributed by atoms with Gasteiger partial charge in [0.05, 0.1) is 22.4 Å². The van der Waals surface area contributed by atoms with E-state index in [2.05, 4.69) is 185 Å². The minimum absolute atomic E-state index is 0.868. The zero-order valence-electron chi connectivity index (χ0n) is 27.6. The van der Waals surface area contributed by atoms with Gasteiger partial charge in [0, 0.05) is 32.9 Å². The molecule has 51 heavy (non-hydrogen) atoms. The van der Waals surface area contributed by atoms with Crippen molar-refractivity contribution in [3.63, 3.8) is 0 Å². The van der Waals surface area contributed by atoms with Crippen molar-refractivity contribution in [2.45, 2.75) is 0 Å². The molecule has 0 aliphatic heterocycles. The van der Waals surface area contributed by atoms with Crippen LogP contribution in [0.3, 0.4) is 0 Å². The summed E-state index contributed by atoms with van der Waals surface area (Å²) in [5, 5.41) is 12.1. The van der Waals surface area contributed by atoms with E-state index in [9.17, 15) is 0 Å². The fourth-order valence-electron chi connectivity index (χ4n) is 8.32. The Kier molecular flexibility index (Phi) is 5.96. The molecule has 0 amide bonds. The predicted octanol–water partition coefficient (Wildman–Crippen LogP) is 13.6. The SMILES string of the molecule is c1ccc(-n2c3ccccc3c3c(N(c4ccc5c(ccc6ccc7ccccc7c65)c4)c4cccc5c4oc4ccccc45)cccc32)cc1. The van der Waals surface area contributed by atoms with Gasteiger partial charge in [-0.15, -0.1) is 0 Å². The van der Waals surface area contributed by atoms with Crippen LogP contribution >= 0.6 is 0 Å². The van der Waals surface area contributed by atoms with E-state index < -0.39 is 0 Å². The molecule has 238 valence electrons. The van der Waals surface area contributed by atoms with Crippen LogP contribution in [0, 0.1) is 0 Å². The fourth-order valence-corrected chi connectivity index (χ4v) is 8.32. The number of anilines is 3. The Morgan fingerprint density at radius 2 is 1.04 bits per heavy atom. The van der Waals surface area contributed by atoms with Crippen LogP contribution in [0.2, 0.25) is 0 Å². The second-order valence-electron chi connectivity index (χ2n) is 13.3. The molecule has 0 N–H and O–H groups in total. The number of rotatable bonds is 4. The molecule has 0 atom stereocenters. The molecule has 0 saturated heterocycles. The second-order valence-corrected chi connectivity index (χ2v) is 13.3. The monoisotopic (exact) mass is 650 g/mol. The van der Waals surface area contributed by atoms with Crippen LogP contribution < -0.4 is 4.90 Å². The van der Waals surface area contributed by atoms with Gasteiger partial charge in [0.25, 0.3) is 0 Å². The molecule has 2 aromatic heterocycles. The van der Waals surface area contributed by atoms with Crippen molar-refractivity contribution in [2.24, 2.45) is 0 Å². The first-order chi connectivity index (χ1) is 25.3. The molecule has 3 nitrogen and oxygen atoms in total. The fraction of sp³-hybridized carbons (Fsp3) is 0. The Hall–Kier alpha value is -6.84. The Morgan fingerprint density at radius 1 is 0.392 bits per heavy atom. The van der Waals surface area contributed by atoms with E-state index in [1.54, 1.807) is 0 Å². The Morgan fingerprint density at radius 3 is 1.94 bits per heavy atom. The minimum atomic E-state index is 0.868. The standard InChI is InChI=1S/C48H30N2O/c1-2-13-34(14-3-1)49-41-19-8-6-17-40(41)47-42(49)20-11-21-43(47)50(44-22-10-18-39-38-16-7-9-23-45(38)51-48(39)44)35-28-29-37-33(30-35)27-26-32-25-24-31-12-4-5-15-36(31)46(32)37/h1-30H. The van der Waals surface area contributed by atoms with E-state index >= 15 is 0 Å². The summed E-state index contributed by atoms with van der Waals surface area (Å²) in [6, 6.07) is 65.5. The molecule has 11 rings (SSSR count). The third kappa shape index (κ3) is 4.12. The highest BCUT2D eigenvalue weighted by atomic mass is 16.3. The molecule has 0 spiro atoms. The first-order valence-electron chi connectivity index (χ1n) is 17.4. The lowest BCUT2D eigenvalue weighted by atomic mass is 9.96. The smallest absolute Gasteiger partial charge is 0.159 e. The average molecular weight is 651 g/mol. The van der Waals surface area contributed by atoms with Gasteiger partial charge in [-0.3, -0.25) is 0 Å². The Labute approximate surface area is 293 Å². The van der Waals surface area contributed by atoms with Crippen LogP contribution in [0.25, 0.3) is 81.7 Å². The summed E-state index contributed by atoms with van der Waals surface area (Å²) in [4.78, 5) is 2.40. The molecule has 0 bridgehead atoms. The number of para-hydroxylation sites is 4. The van der Waals surface area contributed by atoms with Gasteiger partial charge >= 0.3 is 0 Å². The average Bonchev–Trinajstić information content (AvgIpc) is 3.75. The van der Waals surface area contributed by atoms with Crippen molar-refractivity contribution in [1.29, 1.82) is 0 Å². The summed E-state index contributed by atoms with van der Waals surface area (Å²) >= 11 is 0. The molecule has 11 aromatic rings. The topological polar surface area (TPSA) is 21.3 Å². The largest absolute Gasteiger partial charge is 0.454 e. The summed E-state index contributed by atoms with van der Waals surface area (Å²) in [6.07, 6.45) is 0. The predicted molar refractivity (Wildman–Crippen MR) is 215 cm³/mol. The highest BCUT2D eigenvalue weighted by Crippen LogP contribution is 2.47. The number of furan rings is 1. The zero-order valence-corrected chi connectivity index (χ0v) is 27.6. The number of nitrogens with zero attached hydrogens (tertiary/aromatic N) is 2. The van der Waals surface area contributed by atoms with Gasteiger partial charge in [0.15, 0.2) is 5.58 Å². The van der Waals surface area contributed by atoms with E-state index in [1.165, 1.54) is 48.6 Å². The van der Waals surface area contributed by atoms with Gasteiger partial charge in [-0.05, 0) is 86.9 Å². The molecule has 9 aromatic carbocycles. The quantitative estimate of drug-likeness (QED) is 0.177. The minimum Gasteiger partial charge on any atom is -0.454 e. The lowest BCUT2D eigenvalue weighted by Gasteiger charge is -2.27. The molecular weight excluding hydrogens is 621 g/mol. The molecule has 0 saturated carbocycles. The number of benzene rings is 9. The number of aromatic nitrogens is 1. The molecule has 0 aliphatic carbocycles. The van der Waals surface area contributed by atoms with Gasteiger partial charge in [0.2, 0.25) is 0 Å². The van der Waals surface area contributed by atoms with Gasteiger partial charge in [-0.1, -0.05) is 127 Å². The molecule has 0 unspecified atom stereocenters. The maximum absolute atomic E-state index is 6.73. The van der Waals surface area contributed by atoms with E-state index in [4.69, 9.17) is 4.42 Å². The van der Waals surface area contributed by atoms with Crippen molar-refractivity contribution >= 4 is 93.1 Å². The third-order valence-electron chi connectivity index (χ3n) is 10.5. The zero-order chi connectivity index (χ0) is 33.5. The molecular formula is C48H30N2O. The number of fused-ring (bicyclic) bond motifs is 11. The van der Waals surface area contributed by atoms with E-state index in [1.807, 2.05) is 6.07 Å². The number of hydrogen-bond acceptors (Lipinski definition) is 2. The van der Waals surface area contributed by atoms with E-state index in [0.717, 1.165) is 50.2 Å². The van der Waals surface area contributed by atoms with Crippen molar-refractivity contribution in [3.05, 3.63) is 182 Å². The summed E-state index contributed by atoms with van der Waals surface area (Å²) in [7, 11) is 0. The van der Waals surface area contributed by atoms with Crippen LogP contribution in [0.5, 0.6) is 0 Å². The highest BCUT2D eigenvalue weighted by Gasteiger charge is 2.24. The summed E-state index contributed by atoms with van der Waals surface area (Å²) in [6.45, 7) is 0. The second kappa shape index (κ2) is 10.8. The lowest BCUT2D eigenvalue weighted by Crippen LogP contribution is -2.11. The summed E-state index contributed by atoms with van der Waals surface area (Å²) in [5.41, 5.74) is 8.37. The van der Waals surface area contributed by atoms with E-state index in [0.29, 0.717) is 0 Å². The first-order valence-corrected chi connectivity index (χ1v) is 17.4. The summed E-state index contributed by atoms with van der Waals surface area (Å²) in [5.74, 6) is 0. The maximum Gasteiger partial charge on any atom is 0.159 e. The van der Waals surface area contributed by atoms with Crippen LogP contribution in [-0.2, 0) is 0 Å². The van der Waals surface area contributed by atoms with Crippen molar-refractivity contribution in [3.8, 4) is 5.69 Å². The van der Waals surface area contributed by atoms with Crippen molar-refractivity contribution in [1.82, 2.24) is 4.57 Å². The number of hydrogen-bond donors (Lipinski definition) is 0. The van der Waals surface area contributed by atoms with Gasteiger partial charge in [-0.2, -0.15) is 0 Å². The van der Waals surface area contributed by atoms with Gasteiger partial charge in [0.1, 0.15) is 5.58 Å². The molecule has 0 fully saturated rings. The first kappa shape index (κ1) is 28.0. The van der Waals surface area contributed by atoms with Gasteiger partial charge < -0.3 is 13.9 Å². The molecule has 0 aliphatic rings. The van der Waals surface area contributed by atoms with E-state index in [-0.39, 0.29) is 0 Å². The van der Waals surface area contributed by atoms with Crippen molar-refractivity contribution in [2.75, 3.05) is 4.90 Å². The maximum atomic E-state index is 6.73. The molecule has 2 heterocycles. The third-order valence-corrected chi connectivity index (χ3v) is 10.5. The van der Waals surface area contributed by atoms with Gasteiger partial charge in [-0.25, -0.2) is 0 Å². The van der Waals surface area contributed by atoms with Crippen molar-refractivity contribution < 1.29 is 4.42 Å². The van der Waals surface area contributed by atoms with Crippen LogP contribution in [0.4, 0.5) is 17.1 Å². The Balaban J connectivity index is 1.25. The highest BCUT2D eigenvalue weighted by molar-refractivity contribution is 6.22. The normalized spacial score (nSPS) is 11.9. The van der Waals surface area contributed by atoms with Crippen LogP contribution in [0.1, 0.15) is 0 Å². The Bertz CT molecular complexity index is 3150. The molecule has 0 radical (unpaired) electrons. The van der Waals surface area contributed by atoms with Crippen LogP contribution in [-0.4, -0.2) is 4.57 Å².